The van der Waals surface area contributed by atoms with E-state index < -0.39 is 0 Å². The molecular weight excluding hydrogens is 1310 g/mol. The van der Waals surface area contributed by atoms with E-state index in [0.29, 0.717) is 48.1 Å². The Morgan fingerprint density at radius 1 is 0.355 bits per heavy atom. The van der Waals surface area contributed by atoms with Crippen molar-refractivity contribution in [2.24, 2.45) is 52.5 Å². The van der Waals surface area contributed by atoms with E-state index in [2.05, 4.69) is 395 Å². The normalized spacial score (nSPS) is 31.8. The van der Waals surface area contributed by atoms with Crippen molar-refractivity contribution in [3.63, 3.8) is 0 Å². The maximum atomic E-state index is 2.73. The molecule has 8 fully saturated rings. The lowest BCUT2D eigenvalue weighted by atomic mass is 9.71. The molecule has 8 aliphatic heterocycles. The van der Waals surface area contributed by atoms with Crippen LogP contribution in [-0.4, -0.2) is 101 Å². The van der Waals surface area contributed by atoms with Crippen LogP contribution in [0, 0.1) is 17.3 Å². The topological polar surface area (TPSA) is 50.6 Å². The van der Waals surface area contributed by atoms with Crippen LogP contribution in [0.25, 0.3) is 32.7 Å². The summed E-state index contributed by atoms with van der Waals surface area (Å²) in [4.78, 5) is 20.9. The van der Waals surface area contributed by atoms with Crippen LogP contribution in [0.5, 0.6) is 0 Å². The quantitative estimate of drug-likeness (QED) is 0.169. The minimum absolute atomic E-state index is 0.0398. The summed E-state index contributed by atoms with van der Waals surface area (Å²) < 4.78 is 11.6. The van der Waals surface area contributed by atoms with E-state index in [4.69, 9.17) is 0 Å². The summed E-state index contributed by atoms with van der Waals surface area (Å²) in [6.45, 7) is 30.1. The maximum Gasteiger partial charge on any atom is 0.111 e. The van der Waals surface area contributed by atoms with E-state index in [-0.39, 0.29) is 22.0 Å². The van der Waals surface area contributed by atoms with Gasteiger partial charge in [0.2, 0.25) is 0 Å². The predicted octanol–water partition coefficient (Wildman–Crippen LogP) is 20.0. The molecule has 2 saturated carbocycles. The molecule has 13 heterocycles. The van der Waals surface area contributed by atoms with Gasteiger partial charge in [0.25, 0.3) is 0 Å². The number of nitrogens with zero attached hydrogens (tertiary/aromatic N) is 13. The number of fused-ring (bicyclic) bond motifs is 22. The molecule has 13 heteroatoms. The van der Waals surface area contributed by atoms with Gasteiger partial charge in [0.05, 0.1) is 29.5 Å². The number of hydrogen-bond acceptors (Lipinski definition) is 8. The summed E-state index contributed by atoms with van der Waals surface area (Å²) in [6.07, 6.45) is 16.0. The maximum absolute atomic E-state index is 2.73. The van der Waals surface area contributed by atoms with Crippen LogP contribution in [0.4, 0.5) is 34.8 Å². The predicted molar refractivity (Wildman–Crippen MR) is 448 cm³/mol. The van der Waals surface area contributed by atoms with Gasteiger partial charge in [0, 0.05) is 139 Å². The van der Waals surface area contributed by atoms with Gasteiger partial charge in [0.15, 0.2) is 0 Å². The van der Waals surface area contributed by atoms with Crippen molar-refractivity contribution in [2.45, 2.75) is 211 Å². The van der Waals surface area contributed by atoms with Crippen LogP contribution in [0.3, 0.4) is 0 Å². The van der Waals surface area contributed by atoms with Crippen molar-refractivity contribution >= 4 is 67.5 Å². The van der Waals surface area contributed by atoms with Crippen molar-refractivity contribution in [3.8, 4) is 0 Å². The number of aromatic nitrogens is 5. The molecule has 6 aromatic carbocycles. The zero-order valence-corrected chi connectivity index (χ0v) is 67.6. The molecule has 14 atom stereocenters. The molecule has 23 rings (SSSR count). The summed E-state index contributed by atoms with van der Waals surface area (Å²) in [5, 5.41) is 3.99. The molecular formula is C94H119N13. The molecule has 10 bridgehead atoms. The largest absolute Gasteiger partial charge is 0.349 e. The Morgan fingerprint density at radius 2 is 0.813 bits per heavy atom. The molecule has 14 unspecified atom stereocenters. The van der Waals surface area contributed by atoms with E-state index in [1.54, 1.807) is 5.56 Å². The van der Waals surface area contributed by atoms with Crippen molar-refractivity contribution in [1.29, 1.82) is 0 Å². The fourth-order valence-corrected chi connectivity index (χ4v) is 24.0. The standard InChI is InChI=1S/C22H24N2.C20H21N3.C20H28N2.C18H23N3.C14H23N3/c1-15-21(2)14-22(3,18-11-7-6-10-17(18)21)24(15)20-13-16-9-5-8-12-19(16)23(20)4;1-14-22-13-20(2,16-9-5-7-11-18(16)22)23(14)19-12-15-8-4-6-10-17(15)21(19)3;1-13-14(2)20(5)12-19(13,4)15(3)22(20)18-11-16-9-7-8-10-17(16)21(18)6;1-13-20(3)16-10-11-17(15-8-5-4-7-14(15)16)21(13)18-9-6-12-19(18)2;1-11-16(3)12-6-8-13(9-7-12)17(11)14-5-4-10-15(14)2/h5-13,15H,14H2,1-4H3;4-12,14H,13H2,1-3H3;7-11,13-15H,12H2,1-6H3;4-9,12-13,16-17H,10-11H2,1-3H3;4-5,10-13H,6-9H2,1-3H3. The van der Waals surface area contributed by atoms with Crippen molar-refractivity contribution in [3.05, 3.63) is 228 Å². The van der Waals surface area contributed by atoms with Gasteiger partial charge < -0.3 is 52.2 Å². The lowest BCUT2D eigenvalue weighted by Crippen LogP contribution is -2.56. The van der Waals surface area contributed by atoms with E-state index in [0.717, 1.165) is 30.5 Å². The van der Waals surface area contributed by atoms with E-state index in [1.165, 1.54) is 141 Å². The average Bonchev–Trinajstić information content (AvgIpc) is 1.53. The first-order chi connectivity index (χ1) is 51.2. The first-order valence-electron chi connectivity index (χ1n) is 40.5. The molecule has 0 spiro atoms. The molecule has 6 saturated heterocycles. The van der Waals surface area contributed by atoms with Gasteiger partial charge in [-0.2, -0.15) is 0 Å². The molecule has 12 aliphatic rings. The highest BCUT2D eigenvalue weighted by Gasteiger charge is 2.66. The Bertz CT molecular complexity index is 5130. The zero-order chi connectivity index (χ0) is 74.9. The molecule has 11 aromatic rings. The lowest BCUT2D eigenvalue weighted by Gasteiger charge is -2.50. The Balaban J connectivity index is 0.0000000986. The highest BCUT2D eigenvalue weighted by atomic mass is 15.5. The number of aryl methyl sites for hydroxylation is 5. The van der Waals surface area contributed by atoms with Gasteiger partial charge in [-0.25, -0.2) is 0 Å². The second kappa shape index (κ2) is 26.0. The van der Waals surface area contributed by atoms with Crippen LogP contribution < -0.4 is 29.4 Å². The highest BCUT2D eigenvalue weighted by Crippen LogP contribution is 2.65. The molecule has 4 aliphatic carbocycles. The Hall–Kier alpha value is -8.78. The van der Waals surface area contributed by atoms with Gasteiger partial charge in [-0.3, -0.25) is 9.80 Å². The first kappa shape index (κ1) is 71.2. The van der Waals surface area contributed by atoms with Crippen LogP contribution >= 0.6 is 0 Å². The van der Waals surface area contributed by atoms with Crippen molar-refractivity contribution in [2.75, 3.05) is 50.0 Å². The SMILES string of the molecule is CC1C(C)C2(C)CC1(C)C(C)N2c1cc2ccccc2n1C.CC1N(C)C2CCC(CC2)N1c1cccn1C.CC1N(C)C2CCC(c3ccccc32)N1c1cccn1C.CC1N(c2cc3ccccc3n2C)C2(C)CC1(C)c1ccccc12.CC1N2CC(C)(c3ccccc32)N1c1cc2ccccc2n1C. The third-order valence-corrected chi connectivity index (χ3v) is 30.5. The van der Waals surface area contributed by atoms with E-state index in [9.17, 15) is 0 Å². The number of benzene rings is 6. The van der Waals surface area contributed by atoms with Gasteiger partial charge in [-0.05, 0) is 227 Å². The number of piperidine rings is 1. The fraction of sp³-hybridized carbons (Fsp3) is 0.468. The summed E-state index contributed by atoms with van der Waals surface area (Å²) in [6, 6.07) is 72.6. The third-order valence-electron chi connectivity index (χ3n) is 30.5. The third kappa shape index (κ3) is 10.5. The van der Waals surface area contributed by atoms with E-state index in [1.807, 2.05) is 0 Å². The van der Waals surface area contributed by atoms with Gasteiger partial charge in [0.1, 0.15) is 35.3 Å². The van der Waals surface area contributed by atoms with Gasteiger partial charge in [-0.1, -0.05) is 149 Å². The molecule has 0 amide bonds. The van der Waals surface area contributed by atoms with Gasteiger partial charge >= 0.3 is 0 Å². The minimum Gasteiger partial charge on any atom is -0.349 e. The van der Waals surface area contributed by atoms with E-state index >= 15 is 0 Å². The van der Waals surface area contributed by atoms with Crippen LogP contribution in [-0.2, 0) is 51.7 Å². The second-order valence-corrected chi connectivity index (χ2v) is 35.5. The summed E-state index contributed by atoms with van der Waals surface area (Å²) in [5.41, 5.74) is 13.9. The van der Waals surface area contributed by atoms with Gasteiger partial charge in [-0.15, -0.1) is 0 Å². The summed E-state index contributed by atoms with van der Waals surface area (Å²) in [5.74, 6) is 8.24. The highest BCUT2D eigenvalue weighted by molar-refractivity contribution is 5.88. The second-order valence-electron chi connectivity index (χ2n) is 35.5. The van der Waals surface area contributed by atoms with Crippen LogP contribution in [0.2, 0.25) is 0 Å². The Morgan fingerprint density at radius 3 is 1.36 bits per heavy atom. The Labute approximate surface area is 638 Å². The Kier molecular flexibility index (Phi) is 17.3. The molecule has 5 aromatic heterocycles. The summed E-state index contributed by atoms with van der Waals surface area (Å²) >= 11 is 0. The zero-order valence-electron chi connectivity index (χ0n) is 67.6. The molecule has 0 N–H and O–H groups in total. The molecule has 0 radical (unpaired) electrons. The number of hydrogen-bond donors (Lipinski definition) is 0. The molecule has 560 valence electrons. The lowest BCUT2D eigenvalue weighted by molar-refractivity contribution is 0.147. The minimum atomic E-state index is 0.0398. The first-order valence-corrected chi connectivity index (χ1v) is 40.5. The summed E-state index contributed by atoms with van der Waals surface area (Å²) in [7, 11) is 15.5. The van der Waals surface area contributed by atoms with Crippen molar-refractivity contribution < 1.29 is 0 Å². The number of rotatable bonds is 5. The van der Waals surface area contributed by atoms with Crippen molar-refractivity contribution in [1.82, 2.24) is 32.6 Å². The smallest absolute Gasteiger partial charge is 0.111 e. The van der Waals surface area contributed by atoms with Crippen LogP contribution in [0.15, 0.2) is 200 Å². The molecule has 13 nitrogen and oxygen atoms in total. The number of para-hydroxylation sites is 4. The monoisotopic (exact) mass is 1430 g/mol. The average molecular weight is 1430 g/mol. The van der Waals surface area contributed by atoms with Crippen LogP contribution in [0.1, 0.15) is 174 Å². The number of anilines is 6. The fourth-order valence-electron chi connectivity index (χ4n) is 24.0. The molecule has 107 heavy (non-hydrogen) atoms.